The third-order valence-corrected chi connectivity index (χ3v) is 3.55. The second-order valence-electron chi connectivity index (χ2n) is 5.67. The minimum Gasteiger partial charge on any atom is -0.357 e. The van der Waals surface area contributed by atoms with Crippen LogP contribution in [0.3, 0.4) is 0 Å². The second kappa shape index (κ2) is 6.78. The monoisotopic (exact) mass is 266 g/mol. The van der Waals surface area contributed by atoms with E-state index in [-0.39, 0.29) is 5.91 Å². The summed E-state index contributed by atoms with van der Waals surface area (Å²) in [6.45, 7) is 5.88. The van der Waals surface area contributed by atoms with E-state index in [1.165, 1.54) is 6.42 Å². The van der Waals surface area contributed by atoms with Crippen LogP contribution in [0.4, 0.5) is 0 Å². The normalized spacial score (nSPS) is 25.9. The molecule has 0 spiro atoms. The molecule has 0 aromatic rings. The van der Waals surface area contributed by atoms with Gasteiger partial charge in [0.15, 0.2) is 5.96 Å². The van der Waals surface area contributed by atoms with Crippen molar-refractivity contribution in [2.24, 2.45) is 10.9 Å². The van der Waals surface area contributed by atoms with Gasteiger partial charge in [0.1, 0.15) is 0 Å². The zero-order valence-corrected chi connectivity index (χ0v) is 12.0. The number of carbonyl (C=O) groups is 1. The predicted octanol–water partition coefficient (Wildman–Crippen LogP) is 1.01. The third kappa shape index (κ3) is 5.49. The summed E-state index contributed by atoms with van der Waals surface area (Å²) in [5.74, 6) is 1.82. The summed E-state index contributed by atoms with van der Waals surface area (Å²) in [6, 6.07) is 1.04. The molecule has 2 aliphatic carbocycles. The van der Waals surface area contributed by atoms with Crippen LogP contribution < -0.4 is 16.0 Å². The van der Waals surface area contributed by atoms with Crippen LogP contribution >= 0.6 is 0 Å². The van der Waals surface area contributed by atoms with Gasteiger partial charge in [0.2, 0.25) is 5.91 Å². The van der Waals surface area contributed by atoms with Crippen LogP contribution in [-0.2, 0) is 4.79 Å². The van der Waals surface area contributed by atoms with Crippen LogP contribution in [0.2, 0.25) is 0 Å². The lowest BCUT2D eigenvalue weighted by Crippen LogP contribution is -2.39. The molecule has 19 heavy (non-hydrogen) atoms. The maximum atomic E-state index is 11.5. The third-order valence-electron chi connectivity index (χ3n) is 3.55. The summed E-state index contributed by atoms with van der Waals surface area (Å²) >= 11 is 0. The van der Waals surface area contributed by atoms with E-state index in [9.17, 15) is 4.79 Å². The molecule has 0 aromatic heterocycles. The maximum absolute atomic E-state index is 11.5. The zero-order valence-electron chi connectivity index (χ0n) is 12.0. The molecule has 0 saturated heterocycles. The van der Waals surface area contributed by atoms with Crippen molar-refractivity contribution in [1.29, 1.82) is 0 Å². The SMILES string of the molecule is CCNC(=NCCCC(=O)NC1CC1)NC1CC1C. The van der Waals surface area contributed by atoms with Crippen molar-refractivity contribution in [2.45, 2.75) is 58.0 Å². The van der Waals surface area contributed by atoms with E-state index in [1.807, 2.05) is 0 Å². The van der Waals surface area contributed by atoms with Gasteiger partial charge < -0.3 is 16.0 Å². The number of guanidine groups is 1. The molecule has 0 heterocycles. The van der Waals surface area contributed by atoms with Crippen molar-refractivity contribution >= 4 is 11.9 Å². The highest BCUT2D eigenvalue weighted by Crippen LogP contribution is 2.28. The predicted molar refractivity (Wildman–Crippen MR) is 77.1 cm³/mol. The van der Waals surface area contributed by atoms with E-state index in [2.05, 4.69) is 34.8 Å². The van der Waals surface area contributed by atoms with Gasteiger partial charge in [0, 0.05) is 31.6 Å². The molecule has 3 N–H and O–H groups in total. The van der Waals surface area contributed by atoms with Crippen LogP contribution in [0.15, 0.2) is 4.99 Å². The fourth-order valence-electron chi connectivity index (χ4n) is 1.98. The summed E-state index contributed by atoms with van der Waals surface area (Å²) in [5.41, 5.74) is 0. The molecule has 5 heteroatoms. The molecule has 0 radical (unpaired) electrons. The van der Waals surface area contributed by atoms with Crippen molar-refractivity contribution in [3.05, 3.63) is 0 Å². The van der Waals surface area contributed by atoms with E-state index in [0.29, 0.717) is 25.0 Å². The van der Waals surface area contributed by atoms with Gasteiger partial charge in [0.25, 0.3) is 0 Å². The number of carbonyl (C=O) groups excluding carboxylic acids is 1. The lowest BCUT2D eigenvalue weighted by molar-refractivity contribution is -0.121. The average molecular weight is 266 g/mol. The fraction of sp³-hybridized carbons (Fsp3) is 0.857. The van der Waals surface area contributed by atoms with Crippen LogP contribution in [-0.4, -0.2) is 37.0 Å². The maximum Gasteiger partial charge on any atom is 0.220 e. The lowest BCUT2D eigenvalue weighted by atomic mass is 10.3. The van der Waals surface area contributed by atoms with Gasteiger partial charge in [-0.3, -0.25) is 9.79 Å². The Labute approximate surface area is 115 Å². The van der Waals surface area contributed by atoms with Crippen molar-refractivity contribution < 1.29 is 4.79 Å². The number of nitrogens with zero attached hydrogens (tertiary/aromatic N) is 1. The highest BCUT2D eigenvalue weighted by atomic mass is 16.1. The zero-order chi connectivity index (χ0) is 13.7. The minimum atomic E-state index is 0.173. The van der Waals surface area contributed by atoms with Gasteiger partial charge in [-0.05, 0) is 38.5 Å². The van der Waals surface area contributed by atoms with Gasteiger partial charge in [-0.25, -0.2) is 0 Å². The molecular weight excluding hydrogens is 240 g/mol. The summed E-state index contributed by atoms with van der Waals surface area (Å²) in [6.07, 6.45) is 4.93. The number of hydrogen-bond acceptors (Lipinski definition) is 2. The van der Waals surface area contributed by atoms with Crippen LogP contribution in [0.5, 0.6) is 0 Å². The van der Waals surface area contributed by atoms with E-state index < -0.39 is 0 Å². The van der Waals surface area contributed by atoms with Crippen molar-refractivity contribution in [2.75, 3.05) is 13.1 Å². The molecular formula is C14H26N4O. The molecule has 1 amide bonds. The van der Waals surface area contributed by atoms with Gasteiger partial charge in [-0.1, -0.05) is 6.92 Å². The Morgan fingerprint density at radius 3 is 2.63 bits per heavy atom. The molecule has 2 unspecified atom stereocenters. The molecule has 0 aromatic carbocycles. The van der Waals surface area contributed by atoms with Crippen molar-refractivity contribution in [1.82, 2.24) is 16.0 Å². The molecule has 2 rings (SSSR count). The summed E-state index contributed by atoms with van der Waals surface area (Å²) in [7, 11) is 0. The van der Waals surface area contributed by atoms with Gasteiger partial charge in [-0.2, -0.15) is 0 Å². The van der Waals surface area contributed by atoms with E-state index in [0.717, 1.165) is 37.7 Å². The van der Waals surface area contributed by atoms with Gasteiger partial charge >= 0.3 is 0 Å². The van der Waals surface area contributed by atoms with Crippen molar-refractivity contribution in [3.8, 4) is 0 Å². The summed E-state index contributed by atoms with van der Waals surface area (Å²) < 4.78 is 0. The molecule has 2 saturated carbocycles. The summed E-state index contributed by atoms with van der Waals surface area (Å²) in [5, 5.41) is 9.65. The van der Waals surface area contributed by atoms with E-state index in [4.69, 9.17) is 0 Å². The highest BCUT2D eigenvalue weighted by molar-refractivity contribution is 5.80. The van der Waals surface area contributed by atoms with Crippen molar-refractivity contribution in [3.63, 3.8) is 0 Å². The van der Waals surface area contributed by atoms with E-state index in [1.54, 1.807) is 0 Å². The molecule has 0 bridgehead atoms. The number of hydrogen-bond donors (Lipinski definition) is 3. The van der Waals surface area contributed by atoms with Gasteiger partial charge in [-0.15, -0.1) is 0 Å². The molecule has 2 fully saturated rings. The van der Waals surface area contributed by atoms with Crippen LogP contribution in [0.1, 0.15) is 46.0 Å². The number of amides is 1. The van der Waals surface area contributed by atoms with Crippen LogP contribution in [0.25, 0.3) is 0 Å². The topological polar surface area (TPSA) is 65.5 Å². The lowest BCUT2D eigenvalue weighted by Gasteiger charge is -2.10. The Hall–Kier alpha value is -1.26. The summed E-state index contributed by atoms with van der Waals surface area (Å²) in [4.78, 5) is 16.0. The first-order chi connectivity index (χ1) is 9.19. The molecule has 5 nitrogen and oxygen atoms in total. The Morgan fingerprint density at radius 1 is 1.32 bits per heavy atom. The first kappa shape index (κ1) is 14.2. The molecule has 0 aliphatic heterocycles. The number of rotatable bonds is 7. The highest BCUT2D eigenvalue weighted by Gasteiger charge is 2.33. The molecule has 2 aliphatic rings. The van der Waals surface area contributed by atoms with Gasteiger partial charge in [0.05, 0.1) is 0 Å². The molecule has 2 atom stereocenters. The minimum absolute atomic E-state index is 0.173. The Morgan fingerprint density at radius 2 is 2.05 bits per heavy atom. The Balaban J connectivity index is 1.61. The number of nitrogens with one attached hydrogen (secondary N) is 3. The smallest absolute Gasteiger partial charge is 0.220 e. The fourth-order valence-corrected chi connectivity index (χ4v) is 1.98. The second-order valence-corrected chi connectivity index (χ2v) is 5.67. The Bertz CT molecular complexity index is 338. The van der Waals surface area contributed by atoms with E-state index >= 15 is 0 Å². The quantitative estimate of drug-likeness (QED) is 0.366. The average Bonchev–Trinajstić information content (AvgIpc) is 3.26. The largest absolute Gasteiger partial charge is 0.357 e. The molecule has 108 valence electrons. The van der Waals surface area contributed by atoms with Crippen LogP contribution in [0, 0.1) is 5.92 Å². The number of aliphatic imine (C=N–C) groups is 1. The Kier molecular flexibility index (Phi) is 5.05. The first-order valence-electron chi connectivity index (χ1n) is 7.53. The first-order valence-corrected chi connectivity index (χ1v) is 7.53. The standard InChI is InChI=1S/C14H26N4O/c1-3-15-14(18-12-9-10(12)2)16-8-4-5-13(19)17-11-6-7-11/h10-12H,3-9H2,1-2H3,(H,17,19)(H2,15,16,18).